The van der Waals surface area contributed by atoms with Crippen LogP contribution in [0.2, 0.25) is 0 Å². The van der Waals surface area contributed by atoms with Crippen molar-refractivity contribution in [3.8, 4) is 0 Å². The molecular weight excluding hydrogens is 290 g/mol. The first-order valence-corrected chi connectivity index (χ1v) is 8.65. The molecule has 112 valence electrons. The molecule has 0 aliphatic carbocycles. The highest BCUT2D eigenvalue weighted by Crippen LogP contribution is 2.17. The first-order chi connectivity index (χ1) is 8.62. The first-order valence-electron chi connectivity index (χ1n) is 5.84. The molecule has 0 spiro atoms. The van der Waals surface area contributed by atoms with Gasteiger partial charge < -0.3 is 10.4 Å². The van der Waals surface area contributed by atoms with Crippen molar-refractivity contribution in [3.63, 3.8) is 0 Å². The molecule has 0 aliphatic rings. The third-order valence-electron chi connectivity index (χ3n) is 2.55. The van der Waals surface area contributed by atoms with Crippen LogP contribution in [0, 0.1) is 0 Å². The van der Waals surface area contributed by atoms with Crippen molar-refractivity contribution in [2.45, 2.75) is 38.0 Å². The molecule has 19 heavy (non-hydrogen) atoms. The van der Waals surface area contributed by atoms with Gasteiger partial charge in [0.2, 0.25) is 6.41 Å². The van der Waals surface area contributed by atoms with Gasteiger partial charge in [0.15, 0.2) is 9.84 Å². The third-order valence-corrected chi connectivity index (χ3v) is 6.43. The lowest BCUT2D eigenvalue weighted by molar-refractivity contribution is -0.140. The summed E-state index contributed by atoms with van der Waals surface area (Å²) < 4.78 is 22.8. The topological polar surface area (TPSA) is 101 Å². The Hall–Kier alpha value is -0.760. The largest absolute Gasteiger partial charge is 0.480 e. The van der Waals surface area contributed by atoms with E-state index in [-0.39, 0.29) is 12.2 Å². The Morgan fingerprint density at radius 2 is 1.95 bits per heavy atom. The average Bonchev–Trinajstić information content (AvgIpc) is 2.25. The zero-order chi connectivity index (χ0) is 15.1. The summed E-state index contributed by atoms with van der Waals surface area (Å²) in [5.41, 5.74) is 0. The summed E-state index contributed by atoms with van der Waals surface area (Å²) in [6.45, 7) is 4.96. The summed E-state index contributed by atoms with van der Waals surface area (Å²) in [6.07, 6.45) is 0.627. The molecule has 8 heteroatoms. The number of aliphatic carboxylic acids is 1. The van der Waals surface area contributed by atoms with E-state index in [2.05, 4.69) is 5.32 Å². The third kappa shape index (κ3) is 6.81. The smallest absolute Gasteiger partial charge is 0.326 e. The predicted molar refractivity (Wildman–Crippen MR) is 76.1 cm³/mol. The van der Waals surface area contributed by atoms with Gasteiger partial charge in [-0.05, 0) is 32.9 Å². The molecular formula is C11H21NO5S2. The molecule has 1 unspecified atom stereocenters. The molecule has 0 heterocycles. The Bertz CT molecular complexity index is 400. The van der Waals surface area contributed by atoms with Crippen LogP contribution < -0.4 is 5.32 Å². The van der Waals surface area contributed by atoms with E-state index in [9.17, 15) is 18.0 Å². The molecule has 0 aromatic heterocycles. The zero-order valence-electron chi connectivity index (χ0n) is 11.4. The lowest BCUT2D eigenvalue weighted by Crippen LogP contribution is -2.36. The minimum atomic E-state index is -3.13. The van der Waals surface area contributed by atoms with Crippen molar-refractivity contribution in [2.75, 3.05) is 17.3 Å². The van der Waals surface area contributed by atoms with Crippen LogP contribution in [0.25, 0.3) is 0 Å². The summed E-state index contributed by atoms with van der Waals surface area (Å²) in [7, 11) is -3.13. The van der Waals surface area contributed by atoms with Crippen molar-refractivity contribution >= 4 is 34.0 Å². The lowest BCUT2D eigenvalue weighted by atomic mass is 10.2. The summed E-state index contributed by atoms with van der Waals surface area (Å²) in [5, 5.41) is 11.0. The molecule has 0 radical (unpaired) electrons. The van der Waals surface area contributed by atoms with Crippen molar-refractivity contribution in [1.29, 1.82) is 0 Å². The second-order valence-electron chi connectivity index (χ2n) is 5.01. The number of amides is 1. The maximum atomic E-state index is 11.8. The summed E-state index contributed by atoms with van der Waals surface area (Å²) in [5.74, 6) is -0.111. The van der Waals surface area contributed by atoms with Gasteiger partial charge in [0.25, 0.3) is 0 Å². The Kier molecular flexibility index (Phi) is 7.43. The van der Waals surface area contributed by atoms with Crippen LogP contribution in [-0.2, 0) is 19.4 Å². The molecule has 0 bridgehead atoms. The van der Waals surface area contributed by atoms with Gasteiger partial charge in [-0.25, -0.2) is 13.2 Å². The number of hydrogen-bond donors (Lipinski definition) is 2. The average molecular weight is 311 g/mol. The van der Waals surface area contributed by atoms with Crippen molar-refractivity contribution in [3.05, 3.63) is 0 Å². The van der Waals surface area contributed by atoms with E-state index >= 15 is 0 Å². The summed E-state index contributed by atoms with van der Waals surface area (Å²) >= 11 is 1.37. The van der Waals surface area contributed by atoms with Crippen LogP contribution in [0.5, 0.6) is 0 Å². The van der Waals surface area contributed by atoms with E-state index in [0.717, 1.165) is 0 Å². The number of carboxylic acids is 1. The van der Waals surface area contributed by atoms with E-state index in [1.165, 1.54) is 11.8 Å². The van der Waals surface area contributed by atoms with Gasteiger partial charge in [-0.2, -0.15) is 11.8 Å². The van der Waals surface area contributed by atoms with Crippen LogP contribution in [0.15, 0.2) is 0 Å². The van der Waals surface area contributed by atoms with Gasteiger partial charge in [0, 0.05) is 5.75 Å². The Balaban J connectivity index is 4.00. The van der Waals surface area contributed by atoms with Crippen molar-refractivity contribution in [2.24, 2.45) is 0 Å². The molecule has 0 saturated heterocycles. The standard InChI is InChI=1S/C11H21NO5S2/c1-11(2,3)19(16,17)7-6-18-5-4-9(10(14)15)12-8-13/h8-9H,4-7H2,1-3H3,(H,12,13)(H,14,15). The number of nitrogens with one attached hydrogen (secondary N) is 1. The Morgan fingerprint density at radius 3 is 2.37 bits per heavy atom. The van der Waals surface area contributed by atoms with Crippen LogP contribution >= 0.6 is 11.8 Å². The minimum absolute atomic E-state index is 0.0695. The number of thioether (sulfide) groups is 1. The minimum Gasteiger partial charge on any atom is -0.480 e. The molecule has 0 saturated carbocycles. The second-order valence-corrected chi connectivity index (χ2v) is 9.09. The van der Waals surface area contributed by atoms with Gasteiger partial charge in [-0.1, -0.05) is 0 Å². The maximum absolute atomic E-state index is 11.8. The molecule has 2 N–H and O–H groups in total. The number of hydrogen-bond acceptors (Lipinski definition) is 5. The van der Waals surface area contributed by atoms with Crippen LogP contribution in [-0.4, -0.2) is 54.0 Å². The highest BCUT2D eigenvalue weighted by molar-refractivity contribution is 8.00. The van der Waals surface area contributed by atoms with Crippen LogP contribution in [0.1, 0.15) is 27.2 Å². The Morgan fingerprint density at radius 1 is 1.37 bits per heavy atom. The maximum Gasteiger partial charge on any atom is 0.326 e. The summed E-state index contributed by atoms with van der Waals surface area (Å²) in [4.78, 5) is 20.9. The monoisotopic (exact) mass is 311 g/mol. The normalized spacial score (nSPS) is 13.8. The molecule has 1 atom stereocenters. The molecule has 6 nitrogen and oxygen atoms in total. The molecule has 0 fully saturated rings. The number of sulfone groups is 1. The van der Waals surface area contributed by atoms with E-state index in [1.54, 1.807) is 20.8 Å². The van der Waals surface area contributed by atoms with E-state index in [4.69, 9.17) is 5.11 Å². The molecule has 0 aromatic carbocycles. The van der Waals surface area contributed by atoms with Gasteiger partial charge in [0.05, 0.1) is 10.5 Å². The second kappa shape index (κ2) is 7.74. The lowest BCUT2D eigenvalue weighted by Gasteiger charge is -2.18. The van der Waals surface area contributed by atoms with E-state index < -0.39 is 26.6 Å². The molecule has 0 rings (SSSR count). The fourth-order valence-electron chi connectivity index (χ4n) is 1.14. The zero-order valence-corrected chi connectivity index (χ0v) is 13.0. The fourth-order valence-corrected chi connectivity index (χ4v) is 3.71. The van der Waals surface area contributed by atoms with Crippen molar-refractivity contribution < 1.29 is 23.1 Å². The highest BCUT2D eigenvalue weighted by Gasteiger charge is 2.28. The predicted octanol–water partition coefficient (Wildman–Crippen LogP) is 0.522. The van der Waals surface area contributed by atoms with E-state index in [1.807, 2.05) is 0 Å². The Labute approximate surface area is 118 Å². The highest BCUT2D eigenvalue weighted by atomic mass is 32.2. The van der Waals surface area contributed by atoms with Gasteiger partial charge in [-0.15, -0.1) is 0 Å². The molecule has 1 amide bonds. The van der Waals surface area contributed by atoms with Gasteiger partial charge in [-0.3, -0.25) is 4.79 Å². The van der Waals surface area contributed by atoms with E-state index in [0.29, 0.717) is 17.9 Å². The fraction of sp³-hybridized carbons (Fsp3) is 0.818. The molecule has 0 aromatic rings. The molecule has 0 aliphatic heterocycles. The van der Waals surface area contributed by atoms with Crippen molar-refractivity contribution in [1.82, 2.24) is 5.32 Å². The van der Waals surface area contributed by atoms with Gasteiger partial charge >= 0.3 is 5.97 Å². The number of carbonyl (C=O) groups excluding carboxylic acids is 1. The van der Waals surface area contributed by atoms with Crippen LogP contribution in [0.3, 0.4) is 0 Å². The van der Waals surface area contributed by atoms with Gasteiger partial charge in [0.1, 0.15) is 6.04 Å². The summed E-state index contributed by atoms with van der Waals surface area (Å²) in [6, 6.07) is -0.913. The first kappa shape index (κ1) is 18.2. The SMILES string of the molecule is CC(C)(C)S(=O)(=O)CCSCCC(NC=O)C(=O)O. The number of carbonyl (C=O) groups is 2. The van der Waals surface area contributed by atoms with Crippen LogP contribution in [0.4, 0.5) is 0 Å². The number of rotatable bonds is 9. The number of carboxylic acid groups (broad SMARTS) is 1. The quantitative estimate of drug-likeness (QED) is 0.476.